The van der Waals surface area contributed by atoms with Crippen LogP contribution in [0.1, 0.15) is 40.6 Å². The first-order valence-corrected chi connectivity index (χ1v) is 5.89. The molecule has 0 saturated heterocycles. The summed E-state index contributed by atoms with van der Waals surface area (Å²) in [6.45, 7) is 3.97. The zero-order valence-electron chi connectivity index (χ0n) is 10.2. The lowest BCUT2D eigenvalue weighted by atomic mass is 10.0. The van der Waals surface area contributed by atoms with Crippen molar-refractivity contribution in [2.45, 2.75) is 26.7 Å². The molecule has 0 unspecified atom stereocenters. The number of hydrogen-bond donors (Lipinski definition) is 0. The van der Waals surface area contributed by atoms with Crippen LogP contribution in [0, 0.1) is 6.92 Å². The SMILES string of the molecule is CCCc1cccc(C(=O)c2coc(C)c2)c1. The molecule has 17 heavy (non-hydrogen) atoms. The van der Waals surface area contributed by atoms with Gasteiger partial charge in [0.05, 0.1) is 5.56 Å². The maximum atomic E-state index is 12.2. The van der Waals surface area contributed by atoms with Gasteiger partial charge in [0.15, 0.2) is 5.78 Å². The first kappa shape index (κ1) is 11.6. The lowest BCUT2D eigenvalue weighted by molar-refractivity contribution is 0.103. The average molecular weight is 228 g/mol. The largest absolute Gasteiger partial charge is 0.469 e. The summed E-state index contributed by atoms with van der Waals surface area (Å²) in [5, 5.41) is 0. The van der Waals surface area contributed by atoms with Crippen molar-refractivity contribution in [1.82, 2.24) is 0 Å². The van der Waals surface area contributed by atoms with E-state index in [-0.39, 0.29) is 5.78 Å². The molecule has 0 N–H and O–H groups in total. The van der Waals surface area contributed by atoms with Crippen LogP contribution in [0.3, 0.4) is 0 Å². The maximum absolute atomic E-state index is 12.2. The molecule has 0 bridgehead atoms. The molecule has 2 rings (SSSR count). The smallest absolute Gasteiger partial charge is 0.196 e. The molecule has 0 aliphatic heterocycles. The molecule has 2 heteroatoms. The van der Waals surface area contributed by atoms with Crippen molar-refractivity contribution < 1.29 is 9.21 Å². The highest BCUT2D eigenvalue weighted by atomic mass is 16.3. The minimum Gasteiger partial charge on any atom is -0.469 e. The van der Waals surface area contributed by atoms with Gasteiger partial charge < -0.3 is 4.42 Å². The summed E-state index contributed by atoms with van der Waals surface area (Å²) >= 11 is 0. The van der Waals surface area contributed by atoms with Gasteiger partial charge in [0.25, 0.3) is 0 Å². The normalized spacial score (nSPS) is 10.5. The minimum atomic E-state index is 0.0276. The van der Waals surface area contributed by atoms with E-state index in [1.807, 2.05) is 25.1 Å². The fraction of sp³-hybridized carbons (Fsp3) is 0.267. The highest BCUT2D eigenvalue weighted by Gasteiger charge is 2.11. The molecule has 0 aliphatic carbocycles. The van der Waals surface area contributed by atoms with Crippen LogP contribution in [0.25, 0.3) is 0 Å². The number of carbonyl (C=O) groups excluding carboxylic acids is 1. The topological polar surface area (TPSA) is 30.2 Å². The first-order valence-electron chi connectivity index (χ1n) is 5.89. The number of furan rings is 1. The Labute approximate surface area is 101 Å². The van der Waals surface area contributed by atoms with Crippen molar-refractivity contribution in [3.8, 4) is 0 Å². The lowest BCUT2D eigenvalue weighted by Gasteiger charge is -2.02. The molecular weight excluding hydrogens is 212 g/mol. The van der Waals surface area contributed by atoms with E-state index >= 15 is 0 Å². The second-order valence-corrected chi connectivity index (χ2v) is 4.23. The van der Waals surface area contributed by atoms with E-state index in [9.17, 15) is 4.79 Å². The first-order chi connectivity index (χ1) is 8.20. The van der Waals surface area contributed by atoms with E-state index in [0.29, 0.717) is 5.56 Å². The molecule has 0 radical (unpaired) electrons. The van der Waals surface area contributed by atoms with Gasteiger partial charge in [-0.1, -0.05) is 31.5 Å². The Morgan fingerprint density at radius 1 is 1.24 bits per heavy atom. The van der Waals surface area contributed by atoms with Crippen molar-refractivity contribution in [2.75, 3.05) is 0 Å². The van der Waals surface area contributed by atoms with Gasteiger partial charge in [0.1, 0.15) is 12.0 Å². The Kier molecular flexibility index (Phi) is 3.43. The van der Waals surface area contributed by atoms with E-state index < -0.39 is 0 Å². The second kappa shape index (κ2) is 5.00. The van der Waals surface area contributed by atoms with E-state index in [1.54, 1.807) is 6.07 Å². The van der Waals surface area contributed by atoms with Crippen molar-refractivity contribution in [2.24, 2.45) is 0 Å². The van der Waals surface area contributed by atoms with E-state index in [1.165, 1.54) is 11.8 Å². The Balaban J connectivity index is 2.27. The number of rotatable bonds is 4. The van der Waals surface area contributed by atoms with Crippen molar-refractivity contribution in [3.63, 3.8) is 0 Å². The Hall–Kier alpha value is -1.83. The predicted molar refractivity (Wildman–Crippen MR) is 67.3 cm³/mol. The summed E-state index contributed by atoms with van der Waals surface area (Å²) in [6, 6.07) is 9.58. The molecule has 0 aliphatic rings. The molecular formula is C15H16O2. The van der Waals surface area contributed by atoms with Gasteiger partial charge in [-0.2, -0.15) is 0 Å². The predicted octanol–water partition coefficient (Wildman–Crippen LogP) is 3.77. The van der Waals surface area contributed by atoms with Crippen molar-refractivity contribution in [1.29, 1.82) is 0 Å². The number of carbonyl (C=O) groups is 1. The summed E-state index contributed by atoms with van der Waals surface area (Å²) < 4.78 is 5.16. The van der Waals surface area contributed by atoms with Gasteiger partial charge in [0, 0.05) is 5.56 Å². The molecule has 0 spiro atoms. The van der Waals surface area contributed by atoms with E-state index in [2.05, 4.69) is 13.0 Å². The fourth-order valence-electron chi connectivity index (χ4n) is 1.89. The van der Waals surface area contributed by atoms with Crippen LogP contribution in [0.4, 0.5) is 0 Å². The van der Waals surface area contributed by atoms with E-state index in [4.69, 9.17) is 4.42 Å². The van der Waals surface area contributed by atoms with Gasteiger partial charge in [-0.15, -0.1) is 0 Å². The van der Waals surface area contributed by atoms with Gasteiger partial charge >= 0.3 is 0 Å². The third-order valence-electron chi connectivity index (χ3n) is 2.72. The van der Waals surface area contributed by atoms with Crippen LogP contribution in [0.5, 0.6) is 0 Å². The summed E-state index contributed by atoms with van der Waals surface area (Å²) in [5.74, 6) is 0.790. The number of ketones is 1. The molecule has 0 atom stereocenters. The van der Waals surface area contributed by atoms with Gasteiger partial charge in [0.2, 0.25) is 0 Å². The van der Waals surface area contributed by atoms with E-state index in [0.717, 1.165) is 24.2 Å². The van der Waals surface area contributed by atoms with Gasteiger partial charge in [-0.25, -0.2) is 0 Å². The zero-order chi connectivity index (χ0) is 12.3. The molecule has 0 fully saturated rings. The summed E-state index contributed by atoms with van der Waals surface area (Å²) in [7, 11) is 0. The highest BCUT2D eigenvalue weighted by Crippen LogP contribution is 2.15. The van der Waals surface area contributed by atoms with Crippen LogP contribution in [-0.2, 0) is 6.42 Å². The van der Waals surface area contributed by atoms with Gasteiger partial charge in [-0.3, -0.25) is 4.79 Å². The Morgan fingerprint density at radius 3 is 2.71 bits per heavy atom. The molecule has 0 saturated carbocycles. The lowest BCUT2D eigenvalue weighted by Crippen LogP contribution is -2.00. The standard InChI is InChI=1S/C15H16O2/c1-3-5-12-6-4-7-13(9-12)15(16)14-8-11(2)17-10-14/h4,6-10H,3,5H2,1-2H3. The third kappa shape index (κ3) is 2.64. The minimum absolute atomic E-state index is 0.0276. The summed E-state index contributed by atoms with van der Waals surface area (Å²) in [6.07, 6.45) is 3.61. The molecule has 2 aromatic rings. The average Bonchev–Trinajstić information content (AvgIpc) is 2.76. The molecule has 1 heterocycles. The van der Waals surface area contributed by atoms with Crippen molar-refractivity contribution in [3.05, 3.63) is 59.0 Å². The van der Waals surface area contributed by atoms with Crippen LogP contribution in [0.2, 0.25) is 0 Å². The Bertz CT molecular complexity index is 523. The molecule has 2 nitrogen and oxygen atoms in total. The second-order valence-electron chi connectivity index (χ2n) is 4.23. The quantitative estimate of drug-likeness (QED) is 0.745. The zero-order valence-corrected chi connectivity index (χ0v) is 10.2. The van der Waals surface area contributed by atoms with Crippen LogP contribution in [0.15, 0.2) is 41.0 Å². The summed E-state index contributed by atoms with van der Waals surface area (Å²) in [5.41, 5.74) is 2.56. The highest BCUT2D eigenvalue weighted by molar-refractivity contribution is 6.08. The Morgan fingerprint density at radius 2 is 2.06 bits per heavy atom. The van der Waals surface area contributed by atoms with Crippen LogP contribution in [-0.4, -0.2) is 5.78 Å². The monoisotopic (exact) mass is 228 g/mol. The van der Waals surface area contributed by atoms with Gasteiger partial charge in [-0.05, 0) is 31.0 Å². The molecule has 0 amide bonds. The van der Waals surface area contributed by atoms with Crippen LogP contribution < -0.4 is 0 Å². The number of benzene rings is 1. The fourth-order valence-corrected chi connectivity index (χ4v) is 1.89. The number of aryl methyl sites for hydroxylation is 2. The number of hydrogen-bond acceptors (Lipinski definition) is 2. The third-order valence-corrected chi connectivity index (χ3v) is 2.72. The van der Waals surface area contributed by atoms with Crippen molar-refractivity contribution >= 4 is 5.78 Å². The molecule has 1 aromatic carbocycles. The summed E-state index contributed by atoms with van der Waals surface area (Å²) in [4.78, 5) is 12.2. The molecule has 88 valence electrons. The molecule has 1 aromatic heterocycles. The maximum Gasteiger partial charge on any atom is 0.196 e. The van der Waals surface area contributed by atoms with Crippen LogP contribution >= 0.6 is 0 Å².